The predicted octanol–water partition coefficient (Wildman–Crippen LogP) is 6.96. The number of phenolic OH excluding ortho intramolecular Hbond substituents is 1. The van der Waals surface area contributed by atoms with Crippen molar-refractivity contribution in [3.63, 3.8) is 0 Å². The number of benzene rings is 2. The monoisotopic (exact) mass is 412 g/mol. The third-order valence-corrected chi connectivity index (χ3v) is 5.82. The van der Waals surface area contributed by atoms with Crippen LogP contribution in [0.15, 0.2) is 95.0 Å². The fourth-order valence-corrected chi connectivity index (χ4v) is 4.03. The number of hydrogen-bond acceptors (Lipinski definition) is 4. The normalized spacial score (nSPS) is 11.4. The Bertz CT molecular complexity index is 1170. The summed E-state index contributed by atoms with van der Waals surface area (Å²) in [6, 6.07) is 25.9. The molecule has 4 heteroatoms. The van der Waals surface area contributed by atoms with Crippen LogP contribution >= 0.6 is 11.8 Å². The molecule has 4 aromatic rings. The van der Waals surface area contributed by atoms with E-state index in [4.69, 9.17) is 4.98 Å². The number of hydrogen-bond donors (Lipinski definition) is 1. The van der Waals surface area contributed by atoms with Crippen molar-refractivity contribution in [1.82, 2.24) is 9.97 Å². The Hall–Kier alpha value is -3.11. The van der Waals surface area contributed by atoms with Gasteiger partial charge in [0.1, 0.15) is 10.8 Å². The minimum atomic E-state index is -0.00289. The van der Waals surface area contributed by atoms with E-state index < -0.39 is 0 Å². The van der Waals surface area contributed by atoms with Crippen molar-refractivity contribution < 1.29 is 5.11 Å². The highest BCUT2D eigenvalue weighted by Crippen LogP contribution is 2.35. The zero-order valence-corrected chi connectivity index (χ0v) is 18.1. The molecule has 0 fully saturated rings. The topological polar surface area (TPSA) is 46.0 Å². The Balaban J connectivity index is 1.69. The molecule has 2 aromatic carbocycles. The minimum absolute atomic E-state index is 0.00289. The lowest BCUT2D eigenvalue weighted by atomic mass is 9.85. The van der Waals surface area contributed by atoms with Gasteiger partial charge in [0.15, 0.2) is 0 Å². The first-order valence-corrected chi connectivity index (χ1v) is 10.7. The molecule has 150 valence electrons. The summed E-state index contributed by atoms with van der Waals surface area (Å²) in [6.45, 7) is 6.49. The summed E-state index contributed by atoms with van der Waals surface area (Å²) in [4.78, 5) is 10.4. The molecule has 0 radical (unpaired) electrons. The Morgan fingerprint density at radius 1 is 0.800 bits per heavy atom. The highest BCUT2D eigenvalue weighted by molar-refractivity contribution is 7.99. The van der Waals surface area contributed by atoms with Crippen LogP contribution < -0.4 is 0 Å². The van der Waals surface area contributed by atoms with Gasteiger partial charge in [-0.15, -0.1) is 0 Å². The minimum Gasteiger partial charge on any atom is -0.507 e. The Kier molecular flexibility index (Phi) is 5.60. The molecule has 0 aliphatic rings. The summed E-state index contributed by atoms with van der Waals surface area (Å²) in [5.41, 5.74) is 4.58. The smallest absolute Gasteiger partial charge is 0.124 e. The Labute approximate surface area is 181 Å². The average molecular weight is 413 g/mol. The van der Waals surface area contributed by atoms with Gasteiger partial charge in [-0.3, -0.25) is 0 Å². The summed E-state index contributed by atoms with van der Waals surface area (Å²) in [5.74, 6) is 0.243. The van der Waals surface area contributed by atoms with Crippen LogP contribution in [0.3, 0.4) is 0 Å². The molecule has 0 bridgehead atoms. The maximum absolute atomic E-state index is 10.5. The molecule has 1 N–H and O–H groups in total. The second kappa shape index (κ2) is 8.33. The number of phenols is 1. The van der Waals surface area contributed by atoms with Crippen molar-refractivity contribution in [3.05, 3.63) is 90.6 Å². The number of aromatic hydroxyl groups is 1. The molecule has 30 heavy (non-hydrogen) atoms. The SMILES string of the molecule is CC(C)(C)c1ccc(O)c(-c2cccc(-c3cccc(Sc4ccccn4)c3)n2)c1. The highest BCUT2D eigenvalue weighted by atomic mass is 32.2. The quantitative estimate of drug-likeness (QED) is 0.393. The summed E-state index contributed by atoms with van der Waals surface area (Å²) in [5, 5.41) is 11.4. The van der Waals surface area contributed by atoms with E-state index in [1.54, 1.807) is 24.0 Å². The van der Waals surface area contributed by atoms with Crippen molar-refractivity contribution in [3.8, 4) is 28.3 Å². The predicted molar refractivity (Wildman–Crippen MR) is 124 cm³/mol. The number of aromatic nitrogens is 2. The fraction of sp³-hybridized carbons (Fsp3) is 0.154. The van der Waals surface area contributed by atoms with Gasteiger partial charge in [-0.1, -0.05) is 62.9 Å². The first-order valence-electron chi connectivity index (χ1n) is 9.90. The fourth-order valence-electron chi connectivity index (χ4n) is 3.20. The number of rotatable bonds is 4. The molecular formula is C26H24N2OS. The van der Waals surface area contributed by atoms with Crippen molar-refractivity contribution in [1.29, 1.82) is 0 Å². The highest BCUT2D eigenvalue weighted by Gasteiger charge is 2.17. The maximum Gasteiger partial charge on any atom is 0.124 e. The molecular weight excluding hydrogens is 388 g/mol. The standard InChI is InChI=1S/C26H24N2OS/c1-26(2,3)19-13-14-24(29)21(17-19)23-11-7-10-22(28-23)18-8-6-9-20(16-18)30-25-12-4-5-15-27-25/h4-17,29H,1-3H3. The zero-order valence-electron chi connectivity index (χ0n) is 17.3. The van der Waals surface area contributed by atoms with Crippen LogP contribution in [0.5, 0.6) is 5.75 Å². The van der Waals surface area contributed by atoms with Crippen LogP contribution in [0.25, 0.3) is 22.5 Å². The van der Waals surface area contributed by atoms with Gasteiger partial charge in [-0.25, -0.2) is 9.97 Å². The van der Waals surface area contributed by atoms with Crippen molar-refractivity contribution in [2.45, 2.75) is 36.1 Å². The molecule has 3 nitrogen and oxygen atoms in total. The lowest BCUT2D eigenvalue weighted by Gasteiger charge is -2.20. The largest absolute Gasteiger partial charge is 0.507 e. The third-order valence-electron chi connectivity index (χ3n) is 4.88. The molecule has 0 saturated heterocycles. The van der Waals surface area contributed by atoms with Crippen molar-refractivity contribution in [2.75, 3.05) is 0 Å². The molecule has 0 aliphatic carbocycles. The van der Waals surface area contributed by atoms with E-state index in [1.807, 2.05) is 54.6 Å². The van der Waals surface area contributed by atoms with Crippen LogP contribution in [0, 0.1) is 0 Å². The van der Waals surface area contributed by atoms with Crippen LogP contribution in [0.2, 0.25) is 0 Å². The molecule has 0 aliphatic heterocycles. The van der Waals surface area contributed by atoms with Crippen LogP contribution in [0.1, 0.15) is 26.3 Å². The van der Waals surface area contributed by atoms with Gasteiger partial charge in [0.05, 0.1) is 11.4 Å². The average Bonchev–Trinajstić information content (AvgIpc) is 2.74. The van der Waals surface area contributed by atoms with E-state index >= 15 is 0 Å². The van der Waals surface area contributed by atoms with Gasteiger partial charge in [0.25, 0.3) is 0 Å². The van der Waals surface area contributed by atoms with Gasteiger partial charge in [0.2, 0.25) is 0 Å². The first kappa shape index (κ1) is 20.2. The van der Waals surface area contributed by atoms with E-state index in [1.165, 1.54) is 0 Å². The van der Waals surface area contributed by atoms with Gasteiger partial charge >= 0.3 is 0 Å². The van der Waals surface area contributed by atoms with E-state index in [0.29, 0.717) is 0 Å². The molecule has 2 heterocycles. The van der Waals surface area contributed by atoms with E-state index in [2.05, 4.69) is 44.0 Å². The Morgan fingerprint density at radius 2 is 1.60 bits per heavy atom. The van der Waals surface area contributed by atoms with Gasteiger partial charge in [-0.2, -0.15) is 0 Å². The van der Waals surface area contributed by atoms with E-state index in [0.717, 1.165) is 38.0 Å². The molecule has 4 rings (SSSR count). The summed E-state index contributed by atoms with van der Waals surface area (Å²) in [7, 11) is 0. The van der Waals surface area contributed by atoms with E-state index in [9.17, 15) is 5.11 Å². The van der Waals surface area contributed by atoms with Gasteiger partial charge in [0, 0.05) is 22.2 Å². The lowest BCUT2D eigenvalue weighted by molar-refractivity contribution is 0.476. The molecule has 0 saturated carbocycles. The second-order valence-electron chi connectivity index (χ2n) is 8.19. The molecule has 0 unspecified atom stereocenters. The van der Waals surface area contributed by atoms with Crippen molar-refractivity contribution in [2.24, 2.45) is 0 Å². The molecule has 0 atom stereocenters. The number of pyridine rings is 2. The third kappa shape index (κ3) is 4.55. The van der Waals surface area contributed by atoms with Crippen molar-refractivity contribution >= 4 is 11.8 Å². The lowest BCUT2D eigenvalue weighted by Crippen LogP contribution is -2.10. The van der Waals surface area contributed by atoms with Crippen LogP contribution in [-0.2, 0) is 5.41 Å². The first-order chi connectivity index (χ1) is 14.4. The summed E-state index contributed by atoms with van der Waals surface area (Å²) in [6.07, 6.45) is 1.80. The maximum atomic E-state index is 10.5. The van der Waals surface area contributed by atoms with Crippen LogP contribution in [0.4, 0.5) is 0 Å². The van der Waals surface area contributed by atoms with Crippen LogP contribution in [-0.4, -0.2) is 15.1 Å². The molecule has 2 aromatic heterocycles. The summed E-state index contributed by atoms with van der Waals surface area (Å²) < 4.78 is 0. The summed E-state index contributed by atoms with van der Waals surface area (Å²) >= 11 is 1.63. The second-order valence-corrected chi connectivity index (χ2v) is 9.28. The molecule has 0 spiro atoms. The van der Waals surface area contributed by atoms with E-state index in [-0.39, 0.29) is 11.2 Å². The Morgan fingerprint density at radius 3 is 2.37 bits per heavy atom. The molecule has 0 amide bonds. The van der Waals surface area contributed by atoms with Gasteiger partial charge < -0.3 is 5.11 Å². The zero-order chi connectivity index (χ0) is 21.1. The number of nitrogens with zero attached hydrogens (tertiary/aromatic N) is 2. The van der Waals surface area contributed by atoms with Gasteiger partial charge in [-0.05, 0) is 59.5 Å².